The second-order valence-corrected chi connectivity index (χ2v) is 7.21. The van der Waals surface area contributed by atoms with Crippen molar-refractivity contribution >= 4 is 33.2 Å². The number of hydrogen-bond acceptors (Lipinski definition) is 6. The van der Waals surface area contributed by atoms with Gasteiger partial charge in [-0.2, -0.15) is 11.3 Å². The summed E-state index contributed by atoms with van der Waals surface area (Å²) in [7, 11) is 0. The number of carbonyl (C=O) groups excluding carboxylic acids is 1. The van der Waals surface area contributed by atoms with Crippen LogP contribution in [0.25, 0.3) is 11.5 Å². The quantitative estimate of drug-likeness (QED) is 0.651. The second kappa shape index (κ2) is 6.52. The van der Waals surface area contributed by atoms with Crippen LogP contribution < -0.4 is 0 Å². The van der Waals surface area contributed by atoms with Crippen LogP contribution in [0.4, 0.5) is 0 Å². The molecule has 6 nitrogen and oxygen atoms in total. The van der Waals surface area contributed by atoms with Crippen LogP contribution in [0.2, 0.25) is 0 Å². The minimum atomic E-state index is -0.108. The van der Waals surface area contributed by atoms with Crippen molar-refractivity contribution in [3.8, 4) is 11.5 Å². The molecule has 4 rings (SSSR count). The molecule has 0 bridgehead atoms. The number of likely N-dealkylation sites (tertiary alicyclic amines) is 1. The Hall–Kier alpha value is -1.93. The summed E-state index contributed by atoms with van der Waals surface area (Å²) in [5.41, 5.74) is 0.933. The van der Waals surface area contributed by atoms with Gasteiger partial charge in [-0.25, -0.2) is 0 Å². The molecule has 0 saturated carbocycles. The highest BCUT2D eigenvalue weighted by Gasteiger charge is 2.30. The Labute approximate surface area is 150 Å². The van der Waals surface area contributed by atoms with Gasteiger partial charge in [-0.3, -0.25) is 4.79 Å². The van der Waals surface area contributed by atoms with E-state index in [-0.39, 0.29) is 11.8 Å². The maximum Gasteiger partial charge on any atom is 0.289 e. The van der Waals surface area contributed by atoms with Gasteiger partial charge in [0.05, 0.1) is 5.92 Å². The average Bonchev–Trinajstić information content (AvgIpc) is 3.35. The number of piperidine rings is 1. The lowest BCUT2D eigenvalue weighted by atomic mass is 9.98. The Morgan fingerprint density at radius 3 is 2.96 bits per heavy atom. The van der Waals surface area contributed by atoms with Crippen molar-refractivity contribution in [2.45, 2.75) is 18.8 Å². The third kappa shape index (κ3) is 3.03. The summed E-state index contributed by atoms with van der Waals surface area (Å²) >= 11 is 4.81. The highest BCUT2D eigenvalue weighted by molar-refractivity contribution is 9.10. The van der Waals surface area contributed by atoms with Gasteiger partial charge in [-0.15, -0.1) is 10.2 Å². The zero-order valence-electron chi connectivity index (χ0n) is 12.6. The normalized spacial score (nSPS) is 18.0. The predicted molar refractivity (Wildman–Crippen MR) is 91.9 cm³/mol. The third-order valence-electron chi connectivity index (χ3n) is 4.05. The van der Waals surface area contributed by atoms with Crippen molar-refractivity contribution in [3.05, 3.63) is 45.3 Å². The van der Waals surface area contributed by atoms with Crippen LogP contribution in [0.5, 0.6) is 0 Å². The number of furan rings is 1. The smallest absolute Gasteiger partial charge is 0.289 e. The van der Waals surface area contributed by atoms with Crippen molar-refractivity contribution in [1.82, 2.24) is 15.1 Å². The fraction of sp³-hybridized carbons (Fsp3) is 0.312. The van der Waals surface area contributed by atoms with Crippen molar-refractivity contribution in [1.29, 1.82) is 0 Å². The molecule has 1 fully saturated rings. The van der Waals surface area contributed by atoms with Gasteiger partial charge in [0.1, 0.15) is 0 Å². The van der Waals surface area contributed by atoms with E-state index in [0.29, 0.717) is 35.3 Å². The number of thiophene rings is 1. The first kappa shape index (κ1) is 15.6. The van der Waals surface area contributed by atoms with Crippen molar-refractivity contribution in [2.24, 2.45) is 0 Å². The monoisotopic (exact) mass is 407 g/mol. The summed E-state index contributed by atoms with van der Waals surface area (Å²) in [4.78, 5) is 14.3. The molecule has 0 N–H and O–H groups in total. The Morgan fingerprint density at radius 2 is 2.21 bits per heavy atom. The first-order valence-electron chi connectivity index (χ1n) is 7.61. The molecule has 1 amide bonds. The minimum Gasteiger partial charge on any atom is -0.444 e. The summed E-state index contributed by atoms with van der Waals surface area (Å²) in [6, 6.07) is 5.35. The van der Waals surface area contributed by atoms with Crippen LogP contribution in [0, 0.1) is 0 Å². The fourth-order valence-electron chi connectivity index (χ4n) is 2.85. The number of carbonyl (C=O) groups is 1. The van der Waals surface area contributed by atoms with E-state index < -0.39 is 0 Å². The van der Waals surface area contributed by atoms with E-state index in [9.17, 15) is 4.79 Å². The first-order valence-corrected chi connectivity index (χ1v) is 9.35. The van der Waals surface area contributed by atoms with Crippen LogP contribution >= 0.6 is 27.3 Å². The number of halogens is 1. The van der Waals surface area contributed by atoms with E-state index in [1.165, 1.54) is 0 Å². The zero-order valence-corrected chi connectivity index (χ0v) is 15.0. The van der Waals surface area contributed by atoms with Crippen molar-refractivity contribution in [3.63, 3.8) is 0 Å². The Kier molecular flexibility index (Phi) is 4.24. The van der Waals surface area contributed by atoms with Gasteiger partial charge in [0, 0.05) is 24.0 Å². The van der Waals surface area contributed by atoms with Gasteiger partial charge in [0.25, 0.3) is 5.91 Å². The topological polar surface area (TPSA) is 72.4 Å². The van der Waals surface area contributed by atoms with Gasteiger partial charge >= 0.3 is 0 Å². The van der Waals surface area contributed by atoms with E-state index in [2.05, 4.69) is 26.1 Å². The molecule has 0 aromatic carbocycles. The summed E-state index contributed by atoms with van der Waals surface area (Å²) < 4.78 is 11.7. The van der Waals surface area contributed by atoms with Gasteiger partial charge in [0.2, 0.25) is 11.8 Å². The molecule has 1 aliphatic heterocycles. The third-order valence-corrected chi connectivity index (χ3v) is 5.16. The molecule has 1 saturated heterocycles. The lowest BCUT2D eigenvalue weighted by molar-refractivity contribution is 0.0665. The van der Waals surface area contributed by atoms with Crippen LogP contribution in [0.15, 0.2) is 42.5 Å². The van der Waals surface area contributed by atoms with Crippen LogP contribution in [0.1, 0.15) is 35.2 Å². The van der Waals surface area contributed by atoms with Crippen molar-refractivity contribution < 1.29 is 13.6 Å². The largest absolute Gasteiger partial charge is 0.444 e. The molecule has 0 radical (unpaired) electrons. The highest BCUT2D eigenvalue weighted by atomic mass is 79.9. The molecule has 0 aliphatic carbocycles. The van der Waals surface area contributed by atoms with Crippen LogP contribution in [0.3, 0.4) is 0 Å². The Bertz CT molecular complexity index is 843. The maximum absolute atomic E-state index is 12.5. The molecule has 3 aromatic rings. The summed E-state index contributed by atoms with van der Waals surface area (Å²) in [6.07, 6.45) is 1.82. The highest BCUT2D eigenvalue weighted by Crippen LogP contribution is 2.30. The Morgan fingerprint density at radius 1 is 1.29 bits per heavy atom. The molecule has 1 atom stereocenters. The number of amides is 1. The molecule has 0 spiro atoms. The fourth-order valence-corrected chi connectivity index (χ4v) is 3.79. The summed E-state index contributed by atoms with van der Waals surface area (Å²) in [6.45, 7) is 1.27. The van der Waals surface area contributed by atoms with E-state index in [1.807, 2.05) is 16.8 Å². The molecule has 24 heavy (non-hydrogen) atoms. The van der Waals surface area contributed by atoms with Gasteiger partial charge < -0.3 is 13.7 Å². The molecule has 3 aromatic heterocycles. The molecule has 124 valence electrons. The molecule has 1 aliphatic rings. The number of hydrogen-bond donors (Lipinski definition) is 0. The zero-order chi connectivity index (χ0) is 16.5. The van der Waals surface area contributed by atoms with E-state index >= 15 is 0 Å². The van der Waals surface area contributed by atoms with E-state index in [4.69, 9.17) is 8.83 Å². The SMILES string of the molecule is O=C(c1ccc(Br)o1)N1CCC[C@H](c2nnc(-c3ccsc3)o2)C1. The van der Waals surface area contributed by atoms with E-state index in [1.54, 1.807) is 28.4 Å². The van der Waals surface area contributed by atoms with Crippen LogP contribution in [-0.2, 0) is 0 Å². The predicted octanol–water partition coefficient (Wildman–Crippen LogP) is 4.17. The minimum absolute atomic E-state index is 0.0565. The maximum atomic E-state index is 12.5. The van der Waals surface area contributed by atoms with Gasteiger partial charge in [0.15, 0.2) is 10.4 Å². The molecular formula is C16H14BrN3O3S. The summed E-state index contributed by atoms with van der Waals surface area (Å²) in [5.74, 6) is 1.41. The number of nitrogens with zero attached hydrogens (tertiary/aromatic N) is 3. The van der Waals surface area contributed by atoms with Crippen molar-refractivity contribution in [2.75, 3.05) is 13.1 Å². The van der Waals surface area contributed by atoms with Gasteiger partial charge in [-0.1, -0.05) is 0 Å². The van der Waals surface area contributed by atoms with Crippen LogP contribution in [-0.4, -0.2) is 34.1 Å². The summed E-state index contributed by atoms with van der Waals surface area (Å²) in [5, 5.41) is 12.3. The number of rotatable bonds is 3. The standard InChI is InChI=1S/C16H14BrN3O3S/c17-13-4-3-12(22-13)16(21)20-6-1-2-10(8-20)14-18-19-15(23-14)11-5-7-24-9-11/h3-5,7,9-10H,1-2,6,8H2/t10-/m0/s1. The average molecular weight is 408 g/mol. The first-order chi connectivity index (χ1) is 11.7. The molecule has 0 unspecified atom stereocenters. The van der Waals surface area contributed by atoms with Gasteiger partial charge in [-0.05, 0) is 52.4 Å². The Balaban J connectivity index is 1.50. The lowest BCUT2D eigenvalue weighted by Gasteiger charge is -2.30. The molecular weight excluding hydrogens is 394 g/mol. The lowest BCUT2D eigenvalue weighted by Crippen LogP contribution is -2.39. The van der Waals surface area contributed by atoms with E-state index in [0.717, 1.165) is 18.4 Å². The second-order valence-electron chi connectivity index (χ2n) is 5.65. The molecule has 8 heteroatoms. The number of aromatic nitrogens is 2. The molecule has 4 heterocycles.